The average Bonchev–Trinajstić information content (AvgIpc) is 2.75. The summed E-state index contributed by atoms with van der Waals surface area (Å²) in [7, 11) is -4.94. The predicted molar refractivity (Wildman–Crippen MR) is 52.8 cm³/mol. The standard InChI is InChI=1S/C10H7N2S.ClHO4/c1-2-5-12-9(3-1)10-8(7-11-12)4-6-13-10;2-1(3,4)5/h1-7H;(H,2,3,4,5)/q+1;/p-1. The van der Waals surface area contributed by atoms with E-state index in [4.69, 9.17) is 18.6 Å². The minimum absolute atomic E-state index is 1.18. The number of hydrogen-bond acceptors (Lipinski definition) is 6. The first-order valence-corrected chi connectivity index (χ1v) is 6.81. The van der Waals surface area contributed by atoms with E-state index in [1.165, 1.54) is 15.6 Å². The third-order valence-electron chi connectivity index (χ3n) is 2.09. The normalized spacial score (nSPS) is 11.3. The van der Waals surface area contributed by atoms with Crippen molar-refractivity contribution >= 4 is 26.9 Å². The summed E-state index contributed by atoms with van der Waals surface area (Å²) in [6.07, 6.45) is 3.87. The van der Waals surface area contributed by atoms with Crippen LogP contribution in [0.5, 0.6) is 0 Å². The fourth-order valence-corrected chi connectivity index (χ4v) is 2.36. The van der Waals surface area contributed by atoms with Crippen LogP contribution in [0.2, 0.25) is 0 Å². The molecule has 8 heteroatoms. The van der Waals surface area contributed by atoms with E-state index in [9.17, 15) is 0 Å². The molecule has 0 aliphatic carbocycles. The molecule has 18 heavy (non-hydrogen) atoms. The molecule has 0 N–H and O–H groups in total. The Kier molecular flexibility index (Phi) is 3.71. The molecule has 0 aliphatic rings. The molecule has 0 aliphatic heterocycles. The highest BCUT2D eigenvalue weighted by molar-refractivity contribution is 7.18. The number of aromatic nitrogens is 2. The molecule has 0 atom stereocenters. The lowest BCUT2D eigenvalue weighted by Crippen LogP contribution is -2.68. The first kappa shape index (κ1) is 13.1. The molecule has 0 unspecified atom stereocenters. The van der Waals surface area contributed by atoms with Gasteiger partial charge in [0.05, 0.1) is 0 Å². The number of pyridine rings is 1. The summed E-state index contributed by atoms with van der Waals surface area (Å²) in [6, 6.07) is 8.21. The molecule has 3 heterocycles. The topological polar surface area (TPSA) is 109 Å². The van der Waals surface area contributed by atoms with Crippen LogP contribution in [-0.2, 0) is 0 Å². The largest absolute Gasteiger partial charge is 0.255 e. The summed E-state index contributed by atoms with van der Waals surface area (Å²) in [6.45, 7) is 0. The van der Waals surface area contributed by atoms with Crippen LogP contribution in [0.15, 0.2) is 42.0 Å². The molecule has 0 saturated carbocycles. The van der Waals surface area contributed by atoms with Crippen LogP contribution in [0, 0.1) is 10.2 Å². The maximum Gasteiger partial charge on any atom is 0.255 e. The van der Waals surface area contributed by atoms with E-state index in [2.05, 4.69) is 22.6 Å². The van der Waals surface area contributed by atoms with Crippen molar-refractivity contribution in [3.05, 3.63) is 42.0 Å². The van der Waals surface area contributed by atoms with Crippen molar-refractivity contribution in [2.45, 2.75) is 0 Å². The third kappa shape index (κ3) is 3.33. The molecule has 3 aromatic heterocycles. The molecule has 0 fully saturated rings. The maximum atomic E-state index is 8.49. The predicted octanol–water partition coefficient (Wildman–Crippen LogP) is -2.72. The van der Waals surface area contributed by atoms with Gasteiger partial charge in [0, 0.05) is 17.5 Å². The van der Waals surface area contributed by atoms with Crippen LogP contribution in [0.1, 0.15) is 0 Å². The highest BCUT2D eigenvalue weighted by atomic mass is 35.7. The molecule has 0 radical (unpaired) electrons. The molecule has 94 valence electrons. The second kappa shape index (κ2) is 5.11. The van der Waals surface area contributed by atoms with Gasteiger partial charge in [-0.25, -0.2) is 18.6 Å². The van der Waals surface area contributed by atoms with Crippen LogP contribution in [0.3, 0.4) is 0 Å². The Hall–Kier alpha value is -1.35. The van der Waals surface area contributed by atoms with Gasteiger partial charge in [-0.15, -0.1) is 21.6 Å². The Balaban J connectivity index is 0.000000209. The van der Waals surface area contributed by atoms with Gasteiger partial charge < -0.3 is 0 Å². The van der Waals surface area contributed by atoms with Gasteiger partial charge >= 0.3 is 0 Å². The zero-order valence-electron chi connectivity index (χ0n) is 8.86. The van der Waals surface area contributed by atoms with Crippen molar-refractivity contribution in [2.24, 2.45) is 0 Å². The van der Waals surface area contributed by atoms with Gasteiger partial charge in [-0.05, 0) is 22.6 Å². The first-order chi connectivity index (χ1) is 8.45. The van der Waals surface area contributed by atoms with Crippen LogP contribution in [0.25, 0.3) is 15.6 Å². The van der Waals surface area contributed by atoms with E-state index in [1.807, 2.05) is 29.0 Å². The highest BCUT2D eigenvalue weighted by Gasteiger charge is 2.08. The number of fused-ring (bicyclic) bond motifs is 3. The second-order valence-corrected chi connectivity index (χ2v) is 4.93. The van der Waals surface area contributed by atoms with Gasteiger partial charge in [0.2, 0.25) is 6.20 Å². The summed E-state index contributed by atoms with van der Waals surface area (Å²) < 4.78 is 37.2. The number of rotatable bonds is 0. The SMILES string of the molecule is [O-][Cl+3]([O-])([O-])[O-].c1cc[n+]2ncc3ccsc3c2c1. The lowest BCUT2D eigenvalue weighted by Gasteiger charge is -2.17. The average molecular weight is 287 g/mol. The maximum absolute atomic E-state index is 8.49. The van der Waals surface area contributed by atoms with Crippen molar-refractivity contribution < 1.29 is 33.4 Å². The monoisotopic (exact) mass is 286 g/mol. The fourth-order valence-electron chi connectivity index (χ4n) is 1.47. The first-order valence-electron chi connectivity index (χ1n) is 4.70. The highest BCUT2D eigenvalue weighted by Crippen LogP contribution is 2.21. The Labute approximate surface area is 108 Å². The molecule has 3 rings (SSSR count). The van der Waals surface area contributed by atoms with E-state index in [1.54, 1.807) is 11.3 Å². The van der Waals surface area contributed by atoms with Gasteiger partial charge in [0.15, 0.2) is 0 Å². The van der Waals surface area contributed by atoms with Crippen molar-refractivity contribution in [1.82, 2.24) is 5.10 Å². The third-order valence-corrected chi connectivity index (χ3v) is 3.04. The molecule has 6 nitrogen and oxygen atoms in total. The van der Waals surface area contributed by atoms with E-state index in [0.717, 1.165) is 0 Å². The van der Waals surface area contributed by atoms with Crippen molar-refractivity contribution in [2.75, 3.05) is 0 Å². The summed E-state index contributed by atoms with van der Waals surface area (Å²) in [5.74, 6) is 0. The lowest BCUT2D eigenvalue weighted by atomic mass is 10.3. The lowest BCUT2D eigenvalue weighted by molar-refractivity contribution is -2.00. The minimum Gasteiger partial charge on any atom is -0.222 e. The van der Waals surface area contributed by atoms with Crippen molar-refractivity contribution in [3.63, 3.8) is 0 Å². The quantitative estimate of drug-likeness (QED) is 0.417. The number of thiophene rings is 1. The van der Waals surface area contributed by atoms with Gasteiger partial charge in [-0.2, -0.15) is 0 Å². The van der Waals surface area contributed by atoms with Gasteiger partial charge in [-0.3, -0.25) is 0 Å². The second-order valence-electron chi connectivity index (χ2n) is 3.26. The van der Waals surface area contributed by atoms with Crippen LogP contribution in [-0.4, -0.2) is 5.10 Å². The fraction of sp³-hybridized carbons (Fsp3) is 0. The zero-order valence-corrected chi connectivity index (χ0v) is 10.4. The summed E-state index contributed by atoms with van der Waals surface area (Å²) in [4.78, 5) is 0. The van der Waals surface area contributed by atoms with Gasteiger partial charge in [0.25, 0.3) is 5.52 Å². The van der Waals surface area contributed by atoms with Crippen LogP contribution >= 0.6 is 11.3 Å². The van der Waals surface area contributed by atoms with E-state index < -0.39 is 10.2 Å². The Morgan fingerprint density at radius 3 is 2.56 bits per heavy atom. The molecule has 0 spiro atoms. The smallest absolute Gasteiger partial charge is 0.222 e. The van der Waals surface area contributed by atoms with Gasteiger partial charge in [-0.1, -0.05) is 4.52 Å². The molecule has 0 saturated heterocycles. The summed E-state index contributed by atoms with van der Waals surface area (Å²) >= 11 is 1.76. The number of halogens is 1. The zero-order chi connectivity index (χ0) is 13.2. The van der Waals surface area contributed by atoms with Gasteiger partial charge in [0.1, 0.15) is 10.9 Å². The van der Waals surface area contributed by atoms with E-state index >= 15 is 0 Å². The van der Waals surface area contributed by atoms with Crippen LogP contribution < -0.4 is 23.2 Å². The number of hydrogen-bond donors (Lipinski definition) is 0. The molecule has 0 amide bonds. The molecule has 3 aromatic rings. The Morgan fingerprint density at radius 2 is 1.83 bits per heavy atom. The van der Waals surface area contributed by atoms with E-state index in [0.29, 0.717) is 0 Å². The Bertz CT molecular complexity index is 661. The van der Waals surface area contributed by atoms with Crippen LogP contribution in [0.4, 0.5) is 0 Å². The van der Waals surface area contributed by atoms with Crippen molar-refractivity contribution in [1.29, 1.82) is 0 Å². The summed E-state index contributed by atoms with van der Waals surface area (Å²) in [5.41, 5.74) is 1.18. The molecular weight excluding hydrogens is 280 g/mol. The molecular formula is C10H7ClN2O4S. The summed E-state index contributed by atoms with van der Waals surface area (Å²) in [5, 5.41) is 7.62. The van der Waals surface area contributed by atoms with Crippen molar-refractivity contribution in [3.8, 4) is 0 Å². The minimum atomic E-state index is -4.94. The molecule has 0 aromatic carbocycles. The van der Waals surface area contributed by atoms with E-state index in [-0.39, 0.29) is 0 Å². The Morgan fingerprint density at radius 1 is 1.11 bits per heavy atom. The molecule has 0 bridgehead atoms. The number of nitrogens with zero attached hydrogens (tertiary/aromatic N) is 2.